The Morgan fingerprint density at radius 1 is 1.26 bits per heavy atom. The Labute approximate surface area is 114 Å². The molecule has 1 aliphatic rings. The van der Waals surface area contributed by atoms with Gasteiger partial charge in [-0.15, -0.1) is 0 Å². The molecule has 1 aromatic carbocycles. The lowest BCUT2D eigenvalue weighted by molar-refractivity contribution is 0.125. The lowest BCUT2D eigenvalue weighted by Crippen LogP contribution is -2.36. The molecule has 0 heterocycles. The number of hydrogen-bond acceptors (Lipinski definition) is 4. The molecule has 2 rings (SSSR count). The summed E-state index contributed by atoms with van der Waals surface area (Å²) in [6, 6.07) is 4.49. The van der Waals surface area contributed by atoms with Crippen molar-refractivity contribution in [2.24, 2.45) is 5.41 Å². The van der Waals surface area contributed by atoms with E-state index in [2.05, 4.69) is 5.32 Å². The molecule has 0 amide bonds. The van der Waals surface area contributed by atoms with Crippen LogP contribution in [0.2, 0.25) is 0 Å². The first-order valence-corrected chi connectivity index (χ1v) is 6.92. The Morgan fingerprint density at radius 3 is 2.58 bits per heavy atom. The van der Waals surface area contributed by atoms with Gasteiger partial charge in [0.2, 0.25) is 0 Å². The molecule has 0 aliphatic heterocycles. The van der Waals surface area contributed by atoms with Crippen LogP contribution in [0, 0.1) is 5.41 Å². The van der Waals surface area contributed by atoms with Crippen molar-refractivity contribution in [3.63, 3.8) is 0 Å². The Balaban J connectivity index is 2.00. The normalized spacial score (nSPS) is 19.5. The highest BCUT2D eigenvalue weighted by Crippen LogP contribution is 2.37. The molecule has 0 radical (unpaired) electrons. The maximum Gasteiger partial charge on any atom is 0.120 e. The SMILES string of the molecule is CC(NCC1(CO)CCCC1)c1cc(O)ccc1O. The number of aliphatic hydroxyl groups is 1. The van der Waals surface area contributed by atoms with Crippen molar-refractivity contribution in [1.29, 1.82) is 0 Å². The molecule has 0 aromatic heterocycles. The van der Waals surface area contributed by atoms with E-state index in [0.717, 1.165) is 19.4 Å². The summed E-state index contributed by atoms with van der Waals surface area (Å²) in [6.07, 6.45) is 4.45. The maximum atomic E-state index is 9.82. The van der Waals surface area contributed by atoms with Crippen LogP contribution in [0.1, 0.15) is 44.2 Å². The van der Waals surface area contributed by atoms with Crippen molar-refractivity contribution in [2.45, 2.75) is 38.6 Å². The van der Waals surface area contributed by atoms with Crippen molar-refractivity contribution >= 4 is 0 Å². The lowest BCUT2D eigenvalue weighted by Gasteiger charge is -2.29. The molecular formula is C15H23NO3. The van der Waals surface area contributed by atoms with E-state index >= 15 is 0 Å². The van der Waals surface area contributed by atoms with Crippen LogP contribution in [-0.4, -0.2) is 28.5 Å². The third-order valence-corrected chi connectivity index (χ3v) is 4.26. The first-order chi connectivity index (χ1) is 9.06. The number of hydrogen-bond donors (Lipinski definition) is 4. The van der Waals surface area contributed by atoms with Gasteiger partial charge in [-0.25, -0.2) is 0 Å². The largest absolute Gasteiger partial charge is 0.508 e. The van der Waals surface area contributed by atoms with E-state index in [1.54, 1.807) is 6.07 Å². The summed E-state index contributed by atoms with van der Waals surface area (Å²) in [6.45, 7) is 2.90. The Hall–Kier alpha value is -1.26. The zero-order valence-corrected chi connectivity index (χ0v) is 11.4. The van der Waals surface area contributed by atoms with Gasteiger partial charge in [0.25, 0.3) is 0 Å². The topological polar surface area (TPSA) is 72.7 Å². The van der Waals surface area contributed by atoms with E-state index in [1.165, 1.54) is 25.0 Å². The van der Waals surface area contributed by atoms with Crippen LogP contribution in [-0.2, 0) is 0 Å². The molecule has 0 spiro atoms. The molecule has 1 aromatic rings. The van der Waals surface area contributed by atoms with Crippen molar-refractivity contribution in [3.8, 4) is 11.5 Å². The van der Waals surface area contributed by atoms with Gasteiger partial charge in [-0.1, -0.05) is 12.8 Å². The summed E-state index contributed by atoms with van der Waals surface area (Å²) in [5, 5.41) is 32.2. The highest BCUT2D eigenvalue weighted by Gasteiger charge is 2.33. The van der Waals surface area contributed by atoms with Gasteiger partial charge in [-0.2, -0.15) is 0 Å². The predicted molar refractivity (Wildman–Crippen MR) is 74.2 cm³/mol. The standard InChI is InChI=1S/C15H23NO3/c1-11(13-8-12(18)4-5-14(13)19)16-9-15(10-17)6-2-3-7-15/h4-5,8,11,16-19H,2-3,6-7,9-10H2,1H3. The predicted octanol–water partition coefficient (Wildman–Crippen LogP) is 2.30. The van der Waals surface area contributed by atoms with Crippen LogP contribution < -0.4 is 5.32 Å². The molecule has 1 fully saturated rings. The quantitative estimate of drug-likeness (QED) is 0.616. The number of phenolic OH excluding ortho intramolecular Hbond substituents is 2. The minimum Gasteiger partial charge on any atom is -0.508 e. The second-order valence-electron chi connectivity index (χ2n) is 5.71. The zero-order valence-electron chi connectivity index (χ0n) is 11.4. The molecule has 19 heavy (non-hydrogen) atoms. The summed E-state index contributed by atoms with van der Waals surface area (Å²) >= 11 is 0. The Bertz CT molecular complexity index is 427. The highest BCUT2D eigenvalue weighted by molar-refractivity contribution is 5.40. The van der Waals surface area contributed by atoms with Crippen molar-refractivity contribution < 1.29 is 15.3 Å². The first kappa shape index (κ1) is 14.2. The molecule has 1 aliphatic carbocycles. The van der Waals surface area contributed by atoms with Crippen molar-refractivity contribution in [3.05, 3.63) is 23.8 Å². The van der Waals surface area contributed by atoms with E-state index in [1.807, 2.05) is 6.92 Å². The van der Waals surface area contributed by atoms with E-state index in [0.29, 0.717) is 5.56 Å². The van der Waals surface area contributed by atoms with Crippen LogP contribution in [0.15, 0.2) is 18.2 Å². The van der Waals surface area contributed by atoms with E-state index in [-0.39, 0.29) is 29.6 Å². The van der Waals surface area contributed by atoms with Crippen LogP contribution in [0.25, 0.3) is 0 Å². The number of benzene rings is 1. The second kappa shape index (κ2) is 5.80. The van der Waals surface area contributed by atoms with Gasteiger partial charge >= 0.3 is 0 Å². The van der Waals surface area contributed by atoms with Crippen LogP contribution >= 0.6 is 0 Å². The van der Waals surface area contributed by atoms with Gasteiger partial charge in [0, 0.05) is 30.2 Å². The van der Waals surface area contributed by atoms with E-state index in [4.69, 9.17) is 0 Å². The molecule has 4 heteroatoms. The summed E-state index contributed by atoms with van der Waals surface area (Å²) < 4.78 is 0. The Kier molecular flexibility index (Phi) is 4.32. The average molecular weight is 265 g/mol. The summed E-state index contributed by atoms with van der Waals surface area (Å²) in [5.41, 5.74) is 0.673. The fourth-order valence-corrected chi connectivity index (χ4v) is 2.88. The number of aromatic hydroxyl groups is 2. The van der Waals surface area contributed by atoms with Crippen molar-refractivity contribution in [2.75, 3.05) is 13.2 Å². The molecule has 1 atom stereocenters. The molecular weight excluding hydrogens is 242 g/mol. The van der Waals surface area contributed by atoms with Gasteiger partial charge in [0.1, 0.15) is 11.5 Å². The molecule has 4 nitrogen and oxygen atoms in total. The van der Waals surface area contributed by atoms with Gasteiger partial charge < -0.3 is 20.6 Å². The van der Waals surface area contributed by atoms with Gasteiger partial charge in [-0.3, -0.25) is 0 Å². The van der Waals surface area contributed by atoms with Gasteiger partial charge in [-0.05, 0) is 38.0 Å². The summed E-state index contributed by atoms with van der Waals surface area (Å²) in [4.78, 5) is 0. The average Bonchev–Trinajstić information content (AvgIpc) is 2.88. The smallest absolute Gasteiger partial charge is 0.120 e. The third kappa shape index (κ3) is 3.19. The van der Waals surface area contributed by atoms with Crippen molar-refractivity contribution in [1.82, 2.24) is 5.32 Å². The zero-order chi connectivity index (χ0) is 13.9. The monoisotopic (exact) mass is 265 g/mol. The lowest BCUT2D eigenvalue weighted by atomic mass is 9.87. The molecule has 4 N–H and O–H groups in total. The summed E-state index contributed by atoms with van der Waals surface area (Å²) in [7, 11) is 0. The number of phenols is 2. The fourth-order valence-electron chi connectivity index (χ4n) is 2.88. The minimum atomic E-state index is -0.0591. The van der Waals surface area contributed by atoms with E-state index < -0.39 is 0 Å². The van der Waals surface area contributed by atoms with Crippen LogP contribution in [0.5, 0.6) is 11.5 Å². The highest BCUT2D eigenvalue weighted by atomic mass is 16.3. The number of nitrogens with one attached hydrogen (secondary N) is 1. The van der Waals surface area contributed by atoms with Crippen LogP contribution in [0.3, 0.4) is 0 Å². The number of rotatable bonds is 5. The molecule has 106 valence electrons. The van der Waals surface area contributed by atoms with Gasteiger partial charge in [0.15, 0.2) is 0 Å². The Morgan fingerprint density at radius 2 is 1.95 bits per heavy atom. The van der Waals surface area contributed by atoms with Crippen LogP contribution in [0.4, 0.5) is 0 Å². The molecule has 1 saturated carbocycles. The van der Waals surface area contributed by atoms with Gasteiger partial charge in [0.05, 0.1) is 0 Å². The fraction of sp³-hybridized carbons (Fsp3) is 0.600. The number of aliphatic hydroxyl groups excluding tert-OH is 1. The minimum absolute atomic E-state index is 0.0132. The third-order valence-electron chi connectivity index (χ3n) is 4.26. The molecule has 0 saturated heterocycles. The van der Waals surface area contributed by atoms with E-state index in [9.17, 15) is 15.3 Å². The maximum absolute atomic E-state index is 9.82. The molecule has 0 bridgehead atoms. The molecule has 1 unspecified atom stereocenters. The summed E-state index contributed by atoms with van der Waals surface area (Å²) in [5.74, 6) is 0.335. The second-order valence-corrected chi connectivity index (χ2v) is 5.71. The first-order valence-electron chi connectivity index (χ1n) is 6.92.